The highest BCUT2D eigenvalue weighted by atomic mass is 16.5. The number of nitrogens with one attached hydrogen (secondary N) is 1. The van der Waals surface area contributed by atoms with Crippen molar-refractivity contribution in [2.45, 2.75) is 18.1 Å². The lowest BCUT2D eigenvalue weighted by atomic mass is 9.83. The molecule has 2 rings (SSSR count). The Morgan fingerprint density at radius 3 is 3.05 bits per heavy atom. The molecule has 2 atom stereocenters. The Morgan fingerprint density at radius 2 is 2.53 bits per heavy atom. The molecule has 1 aliphatic carbocycles. The standard InChI is InChI=1S/C13H16N2O4/c1-18-12(17)10-2-4-13(5-3-10,15-9-16)11-8-14-6-7-19-11/h2-4,11,14H,5-8H2,1H3. The van der Waals surface area contributed by atoms with Crippen LogP contribution in [-0.2, 0) is 19.1 Å². The zero-order valence-corrected chi connectivity index (χ0v) is 10.7. The molecular weight excluding hydrogens is 248 g/mol. The smallest absolute Gasteiger partial charge is 0.337 e. The molecule has 1 heterocycles. The number of carbonyl (C=O) groups excluding carboxylic acids is 2. The van der Waals surface area contributed by atoms with Crippen LogP contribution in [0.25, 0.3) is 0 Å². The summed E-state index contributed by atoms with van der Waals surface area (Å²) in [6, 6.07) is 0. The fraction of sp³-hybridized carbons (Fsp3) is 0.538. The van der Waals surface area contributed by atoms with E-state index >= 15 is 0 Å². The average Bonchev–Trinajstić information content (AvgIpc) is 2.48. The van der Waals surface area contributed by atoms with Crippen molar-refractivity contribution in [3.63, 3.8) is 0 Å². The number of methoxy groups -OCH3 is 1. The van der Waals surface area contributed by atoms with E-state index in [1.165, 1.54) is 7.11 Å². The van der Waals surface area contributed by atoms with Crippen LogP contribution in [-0.4, -0.2) is 50.5 Å². The number of isocyanates is 1. The van der Waals surface area contributed by atoms with Gasteiger partial charge in [0.15, 0.2) is 0 Å². The van der Waals surface area contributed by atoms with Crippen LogP contribution in [0.15, 0.2) is 28.8 Å². The van der Waals surface area contributed by atoms with Crippen LogP contribution in [0.5, 0.6) is 0 Å². The molecule has 2 aliphatic rings. The van der Waals surface area contributed by atoms with E-state index in [0.717, 1.165) is 6.54 Å². The van der Waals surface area contributed by atoms with Crippen molar-refractivity contribution in [1.29, 1.82) is 0 Å². The number of nitrogens with zero attached hydrogens (tertiary/aromatic N) is 1. The highest BCUT2D eigenvalue weighted by Gasteiger charge is 2.39. The summed E-state index contributed by atoms with van der Waals surface area (Å²) in [6.07, 6.45) is 6.83. The number of morpholine rings is 1. The molecule has 2 unspecified atom stereocenters. The van der Waals surface area contributed by atoms with E-state index in [1.807, 2.05) is 0 Å². The van der Waals surface area contributed by atoms with Gasteiger partial charge < -0.3 is 14.8 Å². The number of ether oxygens (including phenoxy) is 2. The summed E-state index contributed by atoms with van der Waals surface area (Å²) in [5.74, 6) is -0.400. The molecule has 1 fully saturated rings. The Labute approximate surface area is 111 Å². The van der Waals surface area contributed by atoms with Crippen molar-refractivity contribution in [2.75, 3.05) is 26.8 Å². The Balaban J connectivity index is 2.20. The van der Waals surface area contributed by atoms with E-state index in [0.29, 0.717) is 25.1 Å². The molecule has 1 aliphatic heterocycles. The van der Waals surface area contributed by atoms with Gasteiger partial charge in [0.2, 0.25) is 6.08 Å². The van der Waals surface area contributed by atoms with Crippen LogP contribution in [0.3, 0.4) is 0 Å². The van der Waals surface area contributed by atoms with Crippen LogP contribution in [0.1, 0.15) is 6.42 Å². The van der Waals surface area contributed by atoms with Gasteiger partial charge in [-0.3, -0.25) is 0 Å². The van der Waals surface area contributed by atoms with Crippen molar-refractivity contribution in [3.05, 3.63) is 23.8 Å². The van der Waals surface area contributed by atoms with Crippen LogP contribution >= 0.6 is 0 Å². The van der Waals surface area contributed by atoms with Crippen LogP contribution < -0.4 is 5.32 Å². The monoisotopic (exact) mass is 264 g/mol. The minimum absolute atomic E-state index is 0.241. The van der Waals surface area contributed by atoms with Crippen molar-refractivity contribution in [1.82, 2.24) is 5.32 Å². The molecule has 0 aromatic heterocycles. The number of esters is 1. The third kappa shape index (κ3) is 2.81. The predicted octanol–water partition coefficient (Wildman–Crippen LogP) is 0.109. The second-order valence-corrected chi connectivity index (χ2v) is 4.45. The molecule has 1 N–H and O–H groups in total. The predicted molar refractivity (Wildman–Crippen MR) is 67.3 cm³/mol. The van der Waals surface area contributed by atoms with E-state index in [4.69, 9.17) is 4.74 Å². The molecule has 0 amide bonds. The molecule has 0 bridgehead atoms. The topological polar surface area (TPSA) is 77.0 Å². The maximum atomic E-state index is 11.4. The molecule has 1 saturated heterocycles. The first-order valence-electron chi connectivity index (χ1n) is 6.11. The van der Waals surface area contributed by atoms with Gasteiger partial charge in [0.25, 0.3) is 0 Å². The maximum absolute atomic E-state index is 11.4. The summed E-state index contributed by atoms with van der Waals surface area (Å²) in [7, 11) is 1.33. The van der Waals surface area contributed by atoms with E-state index in [9.17, 15) is 9.59 Å². The Hall–Kier alpha value is -1.75. The lowest BCUT2D eigenvalue weighted by Crippen LogP contribution is -2.51. The Morgan fingerprint density at radius 1 is 1.68 bits per heavy atom. The summed E-state index contributed by atoms with van der Waals surface area (Å²) in [4.78, 5) is 26.0. The van der Waals surface area contributed by atoms with Gasteiger partial charge >= 0.3 is 5.97 Å². The normalized spacial score (nSPS) is 30.2. The van der Waals surface area contributed by atoms with E-state index in [1.54, 1.807) is 24.3 Å². The quantitative estimate of drug-likeness (QED) is 0.445. The average molecular weight is 264 g/mol. The minimum Gasteiger partial charge on any atom is -0.465 e. The summed E-state index contributed by atoms with van der Waals surface area (Å²) in [5, 5.41) is 3.20. The van der Waals surface area contributed by atoms with E-state index in [2.05, 4.69) is 15.0 Å². The second-order valence-electron chi connectivity index (χ2n) is 4.45. The van der Waals surface area contributed by atoms with Gasteiger partial charge in [-0.1, -0.05) is 12.2 Å². The van der Waals surface area contributed by atoms with Crippen molar-refractivity contribution in [3.8, 4) is 0 Å². The highest BCUT2D eigenvalue weighted by molar-refractivity contribution is 5.91. The number of rotatable bonds is 3. The number of carbonyl (C=O) groups is 1. The Kier molecular flexibility index (Phi) is 4.27. The fourth-order valence-electron chi connectivity index (χ4n) is 2.28. The maximum Gasteiger partial charge on any atom is 0.337 e. The van der Waals surface area contributed by atoms with Gasteiger partial charge in [0, 0.05) is 13.1 Å². The summed E-state index contributed by atoms with van der Waals surface area (Å²) in [6.45, 7) is 1.96. The fourth-order valence-corrected chi connectivity index (χ4v) is 2.28. The lowest BCUT2D eigenvalue weighted by Gasteiger charge is -2.37. The molecule has 102 valence electrons. The number of aliphatic imine (C=N–C) groups is 1. The first kappa shape index (κ1) is 13.7. The zero-order valence-electron chi connectivity index (χ0n) is 10.7. The zero-order chi connectivity index (χ0) is 13.7. The number of hydrogen-bond donors (Lipinski definition) is 1. The van der Waals surface area contributed by atoms with E-state index in [-0.39, 0.29) is 6.10 Å². The first-order chi connectivity index (χ1) is 9.22. The Bertz CT molecular complexity index is 459. The molecule has 0 spiro atoms. The molecule has 19 heavy (non-hydrogen) atoms. The van der Waals surface area contributed by atoms with Gasteiger partial charge in [0.05, 0.1) is 25.4 Å². The van der Waals surface area contributed by atoms with Gasteiger partial charge in [-0.05, 0) is 12.5 Å². The largest absolute Gasteiger partial charge is 0.465 e. The molecule has 0 aromatic carbocycles. The van der Waals surface area contributed by atoms with Gasteiger partial charge in [0.1, 0.15) is 5.54 Å². The van der Waals surface area contributed by atoms with Crippen LogP contribution in [0.4, 0.5) is 0 Å². The minimum atomic E-state index is -0.785. The van der Waals surface area contributed by atoms with Gasteiger partial charge in [-0.25, -0.2) is 9.59 Å². The number of hydrogen-bond acceptors (Lipinski definition) is 6. The summed E-state index contributed by atoms with van der Waals surface area (Å²) < 4.78 is 10.3. The molecule has 6 heteroatoms. The van der Waals surface area contributed by atoms with Gasteiger partial charge in [-0.2, -0.15) is 4.99 Å². The first-order valence-corrected chi connectivity index (χ1v) is 6.11. The van der Waals surface area contributed by atoms with Crippen molar-refractivity contribution < 1.29 is 19.1 Å². The second kappa shape index (κ2) is 5.93. The van der Waals surface area contributed by atoms with Crippen LogP contribution in [0, 0.1) is 0 Å². The molecule has 0 radical (unpaired) electrons. The third-order valence-electron chi connectivity index (χ3n) is 3.36. The molecule has 0 aromatic rings. The summed E-state index contributed by atoms with van der Waals surface area (Å²) in [5.41, 5.74) is -0.324. The van der Waals surface area contributed by atoms with Crippen molar-refractivity contribution >= 4 is 12.0 Å². The molecular formula is C13H16N2O4. The van der Waals surface area contributed by atoms with Crippen molar-refractivity contribution in [2.24, 2.45) is 4.99 Å². The van der Waals surface area contributed by atoms with Gasteiger partial charge in [-0.15, -0.1) is 0 Å². The molecule has 6 nitrogen and oxygen atoms in total. The lowest BCUT2D eigenvalue weighted by molar-refractivity contribution is -0.135. The highest BCUT2D eigenvalue weighted by Crippen LogP contribution is 2.31. The van der Waals surface area contributed by atoms with Crippen LogP contribution in [0.2, 0.25) is 0 Å². The SMILES string of the molecule is COC(=O)C1=CCC(N=C=O)(C2CNCCO2)C=C1. The molecule has 0 saturated carbocycles. The third-order valence-corrected chi connectivity index (χ3v) is 3.36. The van der Waals surface area contributed by atoms with E-state index < -0.39 is 11.5 Å². The summed E-state index contributed by atoms with van der Waals surface area (Å²) >= 11 is 0.